The molecule has 19 heavy (non-hydrogen) atoms. The van der Waals surface area contributed by atoms with Gasteiger partial charge < -0.3 is 11.1 Å². The fourth-order valence-corrected chi connectivity index (χ4v) is 2.58. The number of carbonyl (C=O) groups excluding carboxylic acids is 1. The van der Waals surface area contributed by atoms with E-state index in [1.807, 2.05) is 0 Å². The summed E-state index contributed by atoms with van der Waals surface area (Å²) in [4.78, 5) is 12.1. The zero-order chi connectivity index (χ0) is 13.8. The lowest BCUT2D eigenvalue weighted by Crippen LogP contribution is -2.29. The van der Waals surface area contributed by atoms with Crippen molar-refractivity contribution in [3.05, 3.63) is 29.6 Å². The molecule has 1 aliphatic rings. The van der Waals surface area contributed by atoms with Gasteiger partial charge in [0.1, 0.15) is 5.82 Å². The lowest BCUT2D eigenvalue weighted by molar-refractivity contribution is -0.121. The van der Waals surface area contributed by atoms with E-state index in [2.05, 4.69) is 5.32 Å². The van der Waals surface area contributed by atoms with E-state index in [0.717, 1.165) is 25.7 Å². The van der Waals surface area contributed by atoms with E-state index in [9.17, 15) is 9.18 Å². The zero-order valence-corrected chi connectivity index (χ0v) is 11.3. The third-order valence-corrected chi connectivity index (χ3v) is 3.99. The Balaban J connectivity index is 1.92. The van der Waals surface area contributed by atoms with Crippen LogP contribution in [0.25, 0.3) is 0 Å². The van der Waals surface area contributed by atoms with E-state index < -0.39 is 0 Å². The maximum atomic E-state index is 13.4. The van der Waals surface area contributed by atoms with E-state index in [-0.39, 0.29) is 17.6 Å². The summed E-state index contributed by atoms with van der Waals surface area (Å²) in [6.45, 7) is 2.41. The third-order valence-electron chi connectivity index (χ3n) is 3.99. The largest absolute Gasteiger partial charge is 0.330 e. The number of aryl methyl sites for hydroxylation is 1. The van der Waals surface area contributed by atoms with Crippen molar-refractivity contribution < 1.29 is 9.18 Å². The minimum absolute atomic E-state index is 0.00118. The lowest BCUT2D eigenvalue weighted by Gasteiger charge is -2.26. The summed E-state index contributed by atoms with van der Waals surface area (Å²) in [7, 11) is 0. The third kappa shape index (κ3) is 3.53. The van der Waals surface area contributed by atoms with Gasteiger partial charge in [-0.2, -0.15) is 0 Å². The van der Waals surface area contributed by atoms with Gasteiger partial charge in [-0.25, -0.2) is 4.39 Å². The minimum atomic E-state index is -0.287. The van der Waals surface area contributed by atoms with Crippen LogP contribution in [0.1, 0.15) is 31.2 Å². The molecule has 1 aromatic rings. The first kappa shape index (κ1) is 14.0. The van der Waals surface area contributed by atoms with Crippen molar-refractivity contribution in [2.24, 2.45) is 17.6 Å². The number of benzene rings is 1. The SMILES string of the molecule is Cc1ccc(NC(=O)C2CCC(CN)CC2)cc1F. The average molecular weight is 264 g/mol. The number of hydrogen-bond acceptors (Lipinski definition) is 2. The van der Waals surface area contributed by atoms with Crippen LogP contribution in [0, 0.1) is 24.6 Å². The lowest BCUT2D eigenvalue weighted by atomic mass is 9.81. The summed E-state index contributed by atoms with van der Waals surface area (Å²) in [6.07, 6.45) is 3.78. The summed E-state index contributed by atoms with van der Waals surface area (Å²) >= 11 is 0. The molecule has 104 valence electrons. The molecule has 0 bridgehead atoms. The van der Waals surface area contributed by atoms with Gasteiger partial charge in [0.05, 0.1) is 0 Å². The Morgan fingerprint density at radius 2 is 2.05 bits per heavy atom. The highest BCUT2D eigenvalue weighted by Crippen LogP contribution is 2.29. The van der Waals surface area contributed by atoms with Crippen molar-refractivity contribution in [3.63, 3.8) is 0 Å². The van der Waals surface area contributed by atoms with Crippen molar-refractivity contribution in [1.82, 2.24) is 0 Å². The molecule has 0 saturated heterocycles. The molecular formula is C15H21FN2O. The van der Waals surface area contributed by atoms with Crippen LogP contribution in [0.4, 0.5) is 10.1 Å². The number of halogens is 1. The molecule has 0 unspecified atom stereocenters. The second kappa shape index (κ2) is 6.15. The number of anilines is 1. The molecule has 4 heteroatoms. The molecular weight excluding hydrogens is 243 g/mol. The molecule has 0 atom stereocenters. The number of nitrogens with two attached hydrogens (primary N) is 1. The predicted molar refractivity (Wildman–Crippen MR) is 74.3 cm³/mol. The van der Waals surface area contributed by atoms with Crippen LogP contribution in [0.2, 0.25) is 0 Å². The van der Waals surface area contributed by atoms with Crippen LogP contribution in [0.15, 0.2) is 18.2 Å². The molecule has 1 amide bonds. The molecule has 0 heterocycles. The van der Waals surface area contributed by atoms with Crippen molar-refractivity contribution in [2.75, 3.05) is 11.9 Å². The van der Waals surface area contributed by atoms with Crippen LogP contribution in [-0.2, 0) is 4.79 Å². The van der Waals surface area contributed by atoms with E-state index >= 15 is 0 Å². The topological polar surface area (TPSA) is 55.1 Å². The van der Waals surface area contributed by atoms with E-state index in [1.165, 1.54) is 6.07 Å². The van der Waals surface area contributed by atoms with Crippen LogP contribution >= 0.6 is 0 Å². The summed E-state index contributed by atoms with van der Waals surface area (Å²) in [6, 6.07) is 4.79. The standard InChI is InChI=1S/C15H21FN2O/c1-10-2-7-13(8-14(10)16)18-15(19)12-5-3-11(9-17)4-6-12/h2,7-8,11-12H,3-6,9,17H2,1H3,(H,18,19). The van der Waals surface area contributed by atoms with Crippen molar-refractivity contribution >= 4 is 11.6 Å². The van der Waals surface area contributed by atoms with Crippen molar-refractivity contribution in [2.45, 2.75) is 32.6 Å². The first-order valence-electron chi connectivity index (χ1n) is 6.87. The second-order valence-electron chi connectivity index (χ2n) is 5.41. The minimum Gasteiger partial charge on any atom is -0.330 e. The molecule has 2 rings (SSSR count). The highest BCUT2D eigenvalue weighted by molar-refractivity contribution is 5.92. The monoisotopic (exact) mass is 264 g/mol. The predicted octanol–water partition coefficient (Wildman–Crippen LogP) is 2.84. The number of rotatable bonds is 3. The summed E-state index contributed by atoms with van der Waals surface area (Å²) in [5.74, 6) is 0.302. The van der Waals surface area contributed by atoms with Gasteiger partial charge in [-0.15, -0.1) is 0 Å². The number of nitrogens with one attached hydrogen (secondary N) is 1. The van der Waals surface area contributed by atoms with Crippen molar-refractivity contribution in [3.8, 4) is 0 Å². The van der Waals surface area contributed by atoms with Gasteiger partial charge in [-0.3, -0.25) is 4.79 Å². The smallest absolute Gasteiger partial charge is 0.227 e. The molecule has 3 nitrogen and oxygen atoms in total. The zero-order valence-electron chi connectivity index (χ0n) is 11.3. The van der Waals surface area contributed by atoms with Gasteiger partial charge in [0, 0.05) is 11.6 Å². The fraction of sp³-hybridized carbons (Fsp3) is 0.533. The van der Waals surface area contributed by atoms with Crippen LogP contribution in [0.5, 0.6) is 0 Å². The maximum absolute atomic E-state index is 13.4. The molecule has 0 radical (unpaired) electrons. The average Bonchev–Trinajstić information content (AvgIpc) is 2.43. The van der Waals surface area contributed by atoms with Gasteiger partial charge >= 0.3 is 0 Å². The first-order valence-corrected chi connectivity index (χ1v) is 6.87. The highest BCUT2D eigenvalue weighted by Gasteiger charge is 2.25. The summed E-state index contributed by atoms with van der Waals surface area (Å²) in [5.41, 5.74) is 6.76. The van der Waals surface area contributed by atoms with E-state index in [1.54, 1.807) is 19.1 Å². The Labute approximate surface area is 113 Å². The van der Waals surface area contributed by atoms with E-state index in [0.29, 0.717) is 23.7 Å². The highest BCUT2D eigenvalue weighted by atomic mass is 19.1. The number of carbonyl (C=O) groups is 1. The molecule has 1 aliphatic carbocycles. The van der Waals surface area contributed by atoms with Crippen molar-refractivity contribution in [1.29, 1.82) is 0 Å². The Morgan fingerprint density at radius 3 is 2.63 bits per heavy atom. The summed E-state index contributed by atoms with van der Waals surface area (Å²) < 4.78 is 13.4. The Bertz CT molecular complexity index is 453. The molecule has 3 N–H and O–H groups in total. The van der Waals surface area contributed by atoms with Crippen LogP contribution in [-0.4, -0.2) is 12.5 Å². The molecule has 1 aromatic carbocycles. The van der Waals surface area contributed by atoms with Gasteiger partial charge in [0.2, 0.25) is 5.91 Å². The number of amides is 1. The van der Waals surface area contributed by atoms with Gasteiger partial charge in [-0.05, 0) is 62.8 Å². The number of hydrogen-bond donors (Lipinski definition) is 2. The van der Waals surface area contributed by atoms with Gasteiger partial charge in [-0.1, -0.05) is 6.07 Å². The van der Waals surface area contributed by atoms with Gasteiger partial charge in [0.15, 0.2) is 0 Å². The molecule has 1 saturated carbocycles. The van der Waals surface area contributed by atoms with E-state index in [4.69, 9.17) is 5.73 Å². The Morgan fingerprint density at radius 1 is 1.37 bits per heavy atom. The molecule has 1 fully saturated rings. The second-order valence-corrected chi connectivity index (χ2v) is 5.41. The fourth-order valence-electron chi connectivity index (χ4n) is 2.58. The van der Waals surface area contributed by atoms with Crippen LogP contribution < -0.4 is 11.1 Å². The Kier molecular flexibility index (Phi) is 4.53. The van der Waals surface area contributed by atoms with Crippen LogP contribution in [0.3, 0.4) is 0 Å². The molecule has 0 spiro atoms. The first-order chi connectivity index (χ1) is 9.10. The quantitative estimate of drug-likeness (QED) is 0.882. The maximum Gasteiger partial charge on any atom is 0.227 e. The van der Waals surface area contributed by atoms with Gasteiger partial charge in [0.25, 0.3) is 0 Å². The molecule has 0 aromatic heterocycles. The Hall–Kier alpha value is -1.42. The molecule has 0 aliphatic heterocycles. The normalized spacial score (nSPS) is 23.1. The summed E-state index contributed by atoms with van der Waals surface area (Å²) in [5, 5.41) is 2.80.